The third-order valence-electron chi connectivity index (χ3n) is 1.90. The van der Waals surface area contributed by atoms with Gasteiger partial charge in [0.1, 0.15) is 0 Å². The number of anilines is 1. The van der Waals surface area contributed by atoms with Crippen LogP contribution in [0.4, 0.5) is 5.95 Å². The average molecular weight is 204 g/mol. The molecular weight excluding hydrogens is 192 g/mol. The van der Waals surface area contributed by atoms with Gasteiger partial charge < -0.3 is 4.90 Å². The highest BCUT2D eigenvalue weighted by atomic mass is 16.1. The van der Waals surface area contributed by atoms with Gasteiger partial charge in [0.2, 0.25) is 5.95 Å². The standard InChI is InChI=1S/C10H12N4O/c1-8(3-11)6-14(2)10-12-4-9(7-15)5-13-10/h4-5,7-8H,6H2,1-2H3. The Morgan fingerprint density at radius 2 is 2.20 bits per heavy atom. The first kappa shape index (κ1) is 11.1. The van der Waals surface area contributed by atoms with Gasteiger partial charge in [-0.2, -0.15) is 5.26 Å². The van der Waals surface area contributed by atoms with Crippen molar-refractivity contribution < 1.29 is 4.79 Å². The van der Waals surface area contributed by atoms with Gasteiger partial charge in [-0.3, -0.25) is 4.79 Å². The Hall–Kier alpha value is -1.96. The van der Waals surface area contributed by atoms with E-state index in [1.165, 1.54) is 12.4 Å². The van der Waals surface area contributed by atoms with Crippen molar-refractivity contribution in [1.82, 2.24) is 9.97 Å². The van der Waals surface area contributed by atoms with E-state index in [1.807, 2.05) is 14.0 Å². The van der Waals surface area contributed by atoms with Crippen molar-refractivity contribution in [2.24, 2.45) is 5.92 Å². The Morgan fingerprint density at radius 3 is 2.67 bits per heavy atom. The van der Waals surface area contributed by atoms with Crippen molar-refractivity contribution in [2.45, 2.75) is 6.92 Å². The van der Waals surface area contributed by atoms with Crippen molar-refractivity contribution in [3.8, 4) is 6.07 Å². The average Bonchev–Trinajstić information content (AvgIpc) is 2.29. The number of nitriles is 1. The van der Waals surface area contributed by atoms with Crippen LogP contribution in [0.5, 0.6) is 0 Å². The van der Waals surface area contributed by atoms with Crippen LogP contribution in [-0.4, -0.2) is 29.8 Å². The minimum Gasteiger partial charge on any atom is -0.343 e. The molecule has 1 aromatic heterocycles. The van der Waals surface area contributed by atoms with E-state index < -0.39 is 0 Å². The molecule has 0 radical (unpaired) electrons. The van der Waals surface area contributed by atoms with E-state index in [9.17, 15) is 4.79 Å². The van der Waals surface area contributed by atoms with Crippen LogP contribution in [0.15, 0.2) is 12.4 Å². The molecule has 0 bridgehead atoms. The van der Waals surface area contributed by atoms with E-state index in [0.717, 1.165) is 0 Å². The fraction of sp³-hybridized carbons (Fsp3) is 0.400. The first-order valence-electron chi connectivity index (χ1n) is 4.55. The molecule has 0 saturated heterocycles. The molecule has 5 nitrogen and oxygen atoms in total. The van der Waals surface area contributed by atoms with E-state index >= 15 is 0 Å². The van der Waals surface area contributed by atoms with Crippen LogP contribution >= 0.6 is 0 Å². The maximum absolute atomic E-state index is 10.4. The molecule has 1 heterocycles. The first-order chi connectivity index (χ1) is 7.17. The summed E-state index contributed by atoms with van der Waals surface area (Å²) in [6.07, 6.45) is 3.62. The second-order valence-electron chi connectivity index (χ2n) is 3.34. The minimum absolute atomic E-state index is 0.0793. The molecular formula is C10H12N4O. The first-order valence-corrected chi connectivity index (χ1v) is 4.55. The van der Waals surface area contributed by atoms with E-state index in [2.05, 4.69) is 16.0 Å². The molecule has 0 aliphatic rings. The normalized spacial score (nSPS) is 11.5. The summed E-state index contributed by atoms with van der Waals surface area (Å²) >= 11 is 0. The highest BCUT2D eigenvalue weighted by Gasteiger charge is 2.08. The van der Waals surface area contributed by atoms with Gasteiger partial charge in [-0.25, -0.2) is 9.97 Å². The number of hydrogen-bond donors (Lipinski definition) is 0. The number of rotatable bonds is 4. The van der Waals surface area contributed by atoms with Gasteiger partial charge >= 0.3 is 0 Å². The number of carbonyl (C=O) groups excluding carboxylic acids is 1. The number of hydrogen-bond acceptors (Lipinski definition) is 5. The molecule has 0 spiro atoms. The molecule has 0 amide bonds. The lowest BCUT2D eigenvalue weighted by Gasteiger charge is -2.17. The second-order valence-corrected chi connectivity index (χ2v) is 3.34. The molecule has 1 unspecified atom stereocenters. The van der Waals surface area contributed by atoms with Gasteiger partial charge in [0.05, 0.1) is 17.6 Å². The lowest BCUT2D eigenvalue weighted by molar-refractivity contribution is 0.112. The summed E-state index contributed by atoms with van der Waals surface area (Å²) in [6, 6.07) is 2.13. The molecule has 0 N–H and O–H groups in total. The molecule has 78 valence electrons. The van der Waals surface area contributed by atoms with Crippen LogP contribution in [0.2, 0.25) is 0 Å². The number of aldehydes is 1. The summed E-state index contributed by atoms with van der Waals surface area (Å²) in [6.45, 7) is 2.40. The van der Waals surface area contributed by atoms with Gasteiger partial charge in [0.25, 0.3) is 0 Å². The molecule has 0 fully saturated rings. The van der Waals surface area contributed by atoms with Gasteiger partial charge in [0, 0.05) is 26.0 Å². The summed E-state index contributed by atoms with van der Waals surface area (Å²) in [4.78, 5) is 20.2. The van der Waals surface area contributed by atoms with Crippen LogP contribution in [0.1, 0.15) is 17.3 Å². The van der Waals surface area contributed by atoms with Crippen LogP contribution in [0, 0.1) is 17.2 Å². The van der Waals surface area contributed by atoms with E-state index in [1.54, 1.807) is 4.90 Å². The van der Waals surface area contributed by atoms with Gasteiger partial charge in [-0.1, -0.05) is 0 Å². The smallest absolute Gasteiger partial charge is 0.225 e. The number of carbonyl (C=O) groups is 1. The molecule has 1 aromatic rings. The monoisotopic (exact) mass is 204 g/mol. The fourth-order valence-electron chi connectivity index (χ4n) is 1.12. The maximum Gasteiger partial charge on any atom is 0.225 e. The summed E-state index contributed by atoms with van der Waals surface area (Å²) < 4.78 is 0. The second kappa shape index (κ2) is 5.05. The lowest BCUT2D eigenvalue weighted by atomic mass is 10.2. The lowest BCUT2D eigenvalue weighted by Crippen LogP contribution is -2.25. The van der Waals surface area contributed by atoms with Crippen LogP contribution in [-0.2, 0) is 0 Å². The zero-order valence-electron chi connectivity index (χ0n) is 8.71. The van der Waals surface area contributed by atoms with E-state index in [4.69, 9.17) is 5.26 Å². The molecule has 1 atom stereocenters. The highest BCUT2D eigenvalue weighted by molar-refractivity contribution is 5.73. The molecule has 0 saturated carbocycles. The molecule has 5 heteroatoms. The van der Waals surface area contributed by atoms with Crippen LogP contribution in [0.25, 0.3) is 0 Å². The zero-order valence-corrected chi connectivity index (χ0v) is 8.71. The Labute approximate surface area is 88.4 Å². The minimum atomic E-state index is -0.0793. The molecule has 0 aliphatic carbocycles. The summed E-state index contributed by atoms with van der Waals surface area (Å²) in [5, 5.41) is 8.65. The van der Waals surface area contributed by atoms with Crippen LogP contribution < -0.4 is 4.90 Å². The summed E-state index contributed by atoms with van der Waals surface area (Å²) in [5.41, 5.74) is 0.445. The predicted molar refractivity (Wildman–Crippen MR) is 55.5 cm³/mol. The topological polar surface area (TPSA) is 69.9 Å². The highest BCUT2D eigenvalue weighted by Crippen LogP contribution is 2.06. The van der Waals surface area contributed by atoms with Crippen molar-refractivity contribution in [3.63, 3.8) is 0 Å². The van der Waals surface area contributed by atoms with E-state index in [0.29, 0.717) is 24.3 Å². The Bertz CT molecular complexity index is 368. The van der Waals surface area contributed by atoms with Crippen molar-refractivity contribution in [1.29, 1.82) is 5.26 Å². The quantitative estimate of drug-likeness (QED) is 0.681. The predicted octanol–water partition coefficient (Wildman–Crippen LogP) is 0.885. The molecule has 0 aliphatic heterocycles. The third-order valence-corrected chi connectivity index (χ3v) is 1.90. The van der Waals surface area contributed by atoms with Crippen molar-refractivity contribution >= 4 is 12.2 Å². The van der Waals surface area contributed by atoms with Gasteiger partial charge in [0.15, 0.2) is 6.29 Å². The Morgan fingerprint density at radius 1 is 1.60 bits per heavy atom. The largest absolute Gasteiger partial charge is 0.343 e. The van der Waals surface area contributed by atoms with E-state index in [-0.39, 0.29) is 5.92 Å². The van der Waals surface area contributed by atoms with Crippen molar-refractivity contribution in [3.05, 3.63) is 18.0 Å². The fourth-order valence-corrected chi connectivity index (χ4v) is 1.12. The summed E-state index contributed by atoms with van der Waals surface area (Å²) in [7, 11) is 1.81. The summed E-state index contributed by atoms with van der Waals surface area (Å²) in [5.74, 6) is 0.437. The van der Waals surface area contributed by atoms with Gasteiger partial charge in [-0.15, -0.1) is 0 Å². The third kappa shape index (κ3) is 3.02. The SMILES string of the molecule is CC(C#N)CN(C)c1ncc(C=O)cn1. The number of nitrogens with zero attached hydrogens (tertiary/aromatic N) is 4. The molecule has 0 aromatic carbocycles. The van der Waals surface area contributed by atoms with Crippen LogP contribution in [0.3, 0.4) is 0 Å². The molecule has 15 heavy (non-hydrogen) atoms. The number of aromatic nitrogens is 2. The Kier molecular flexibility index (Phi) is 3.75. The van der Waals surface area contributed by atoms with Crippen molar-refractivity contribution in [2.75, 3.05) is 18.5 Å². The Balaban J connectivity index is 2.70. The zero-order chi connectivity index (χ0) is 11.3. The molecule has 1 rings (SSSR count). The maximum atomic E-state index is 10.4. The van der Waals surface area contributed by atoms with Gasteiger partial charge in [-0.05, 0) is 6.92 Å².